The van der Waals surface area contributed by atoms with Crippen LogP contribution in [-0.4, -0.2) is 29.4 Å². The lowest BCUT2D eigenvalue weighted by atomic mass is 10.1. The summed E-state index contributed by atoms with van der Waals surface area (Å²) >= 11 is 1.50. The van der Waals surface area contributed by atoms with Crippen LogP contribution in [0.4, 0.5) is 16.5 Å². The van der Waals surface area contributed by atoms with Gasteiger partial charge in [-0.15, -0.1) is 11.3 Å². The SMILES string of the molecule is CCn1cc(Nc2nc(-c3ccc(NS(C)(=O)=O)cc3)cs2)cn1. The quantitative estimate of drug-likeness (QED) is 0.702. The first-order chi connectivity index (χ1) is 11.4. The standard InChI is InChI=1S/C15H17N5O2S2/c1-3-20-9-13(8-16-20)17-15-18-14(10-23-15)11-4-6-12(7-5-11)19-24(2,21)22/h4-10,19H,3H2,1-2H3,(H,17,18). The van der Waals surface area contributed by atoms with Gasteiger partial charge in [-0.25, -0.2) is 13.4 Å². The number of hydrogen-bond acceptors (Lipinski definition) is 6. The molecule has 2 aromatic heterocycles. The number of rotatable bonds is 6. The third kappa shape index (κ3) is 4.12. The lowest BCUT2D eigenvalue weighted by molar-refractivity contribution is 0.607. The maximum atomic E-state index is 11.2. The van der Waals surface area contributed by atoms with Crippen molar-refractivity contribution < 1.29 is 8.42 Å². The molecule has 3 aromatic rings. The normalized spacial score (nSPS) is 11.4. The molecule has 0 saturated heterocycles. The minimum absolute atomic E-state index is 0.529. The van der Waals surface area contributed by atoms with Crippen LogP contribution in [0, 0.1) is 0 Å². The number of hydrogen-bond donors (Lipinski definition) is 2. The van der Waals surface area contributed by atoms with Gasteiger partial charge in [-0.2, -0.15) is 5.10 Å². The molecular weight excluding hydrogens is 346 g/mol. The molecule has 0 amide bonds. The summed E-state index contributed by atoms with van der Waals surface area (Å²) in [5.41, 5.74) is 3.17. The molecular formula is C15H17N5O2S2. The first-order valence-electron chi connectivity index (χ1n) is 7.26. The van der Waals surface area contributed by atoms with Crippen LogP contribution in [0.25, 0.3) is 11.3 Å². The molecule has 24 heavy (non-hydrogen) atoms. The Hall–Kier alpha value is -2.39. The summed E-state index contributed by atoms with van der Waals surface area (Å²) in [5, 5.41) is 10.2. The molecule has 0 atom stereocenters. The van der Waals surface area contributed by atoms with Gasteiger partial charge in [0.15, 0.2) is 5.13 Å². The molecule has 0 fully saturated rings. The van der Waals surface area contributed by atoms with Crippen molar-refractivity contribution in [2.24, 2.45) is 0 Å². The predicted molar refractivity (Wildman–Crippen MR) is 97.2 cm³/mol. The highest BCUT2D eigenvalue weighted by molar-refractivity contribution is 7.92. The second kappa shape index (κ2) is 6.62. The van der Waals surface area contributed by atoms with Crippen molar-refractivity contribution in [2.45, 2.75) is 13.5 Å². The molecule has 0 aliphatic rings. The fourth-order valence-corrected chi connectivity index (χ4v) is 3.42. The molecule has 1 aromatic carbocycles. The van der Waals surface area contributed by atoms with Gasteiger partial charge in [0.25, 0.3) is 0 Å². The Labute approximate surface area is 144 Å². The molecule has 0 spiro atoms. The van der Waals surface area contributed by atoms with E-state index in [9.17, 15) is 8.42 Å². The first-order valence-corrected chi connectivity index (χ1v) is 10.0. The zero-order chi connectivity index (χ0) is 17.2. The van der Waals surface area contributed by atoms with Crippen molar-refractivity contribution in [2.75, 3.05) is 16.3 Å². The van der Waals surface area contributed by atoms with Gasteiger partial charge in [-0.1, -0.05) is 12.1 Å². The molecule has 9 heteroatoms. The Morgan fingerprint density at radius 3 is 2.58 bits per heavy atom. The molecule has 3 rings (SSSR count). The molecule has 0 radical (unpaired) electrons. The summed E-state index contributed by atoms with van der Waals surface area (Å²) in [6.07, 6.45) is 4.81. The molecule has 2 N–H and O–H groups in total. The van der Waals surface area contributed by atoms with Crippen molar-refractivity contribution in [3.05, 3.63) is 42.0 Å². The summed E-state index contributed by atoms with van der Waals surface area (Å²) < 4.78 is 26.7. The minimum atomic E-state index is -3.27. The van der Waals surface area contributed by atoms with Gasteiger partial charge in [0.05, 0.1) is 23.8 Å². The van der Waals surface area contributed by atoms with E-state index >= 15 is 0 Å². The van der Waals surface area contributed by atoms with E-state index in [1.807, 2.05) is 35.3 Å². The van der Waals surface area contributed by atoms with Gasteiger partial charge < -0.3 is 5.32 Å². The average molecular weight is 363 g/mol. The topological polar surface area (TPSA) is 88.9 Å². The highest BCUT2D eigenvalue weighted by atomic mass is 32.2. The Balaban J connectivity index is 1.73. The van der Waals surface area contributed by atoms with Crippen molar-refractivity contribution in [1.29, 1.82) is 0 Å². The fourth-order valence-electron chi connectivity index (χ4n) is 2.11. The Kier molecular flexibility index (Phi) is 4.54. The van der Waals surface area contributed by atoms with E-state index in [4.69, 9.17) is 0 Å². The molecule has 0 aliphatic carbocycles. The van der Waals surface area contributed by atoms with Crippen LogP contribution in [0.15, 0.2) is 42.0 Å². The molecule has 2 heterocycles. The molecule has 7 nitrogen and oxygen atoms in total. The Morgan fingerprint density at radius 2 is 1.96 bits per heavy atom. The Bertz CT molecular complexity index is 929. The molecule has 126 valence electrons. The second-order valence-corrected chi connectivity index (χ2v) is 7.81. The van der Waals surface area contributed by atoms with Crippen LogP contribution < -0.4 is 10.0 Å². The van der Waals surface area contributed by atoms with Gasteiger partial charge in [0, 0.05) is 29.4 Å². The highest BCUT2D eigenvalue weighted by Gasteiger charge is 2.07. The average Bonchev–Trinajstić information content (AvgIpc) is 3.16. The van der Waals surface area contributed by atoms with E-state index < -0.39 is 10.0 Å². The van der Waals surface area contributed by atoms with E-state index in [2.05, 4.69) is 20.1 Å². The van der Waals surface area contributed by atoms with E-state index in [-0.39, 0.29) is 0 Å². The van der Waals surface area contributed by atoms with Crippen LogP contribution >= 0.6 is 11.3 Å². The van der Waals surface area contributed by atoms with Crippen molar-refractivity contribution in [1.82, 2.24) is 14.8 Å². The number of aryl methyl sites for hydroxylation is 1. The van der Waals surface area contributed by atoms with Gasteiger partial charge >= 0.3 is 0 Å². The Morgan fingerprint density at radius 1 is 1.21 bits per heavy atom. The number of sulfonamides is 1. The number of benzene rings is 1. The van der Waals surface area contributed by atoms with Crippen LogP contribution in [0.3, 0.4) is 0 Å². The van der Waals surface area contributed by atoms with E-state index in [0.717, 1.165) is 34.9 Å². The van der Waals surface area contributed by atoms with Crippen molar-refractivity contribution in [3.63, 3.8) is 0 Å². The van der Waals surface area contributed by atoms with Gasteiger partial charge in [0.2, 0.25) is 10.0 Å². The third-order valence-electron chi connectivity index (χ3n) is 3.20. The van der Waals surface area contributed by atoms with E-state index in [1.165, 1.54) is 11.3 Å². The third-order valence-corrected chi connectivity index (χ3v) is 4.56. The maximum Gasteiger partial charge on any atom is 0.229 e. The largest absolute Gasteiger partial charge is 0.329 e. The van der Waals surface area contributed by atoms with E-state index in [0.29, 0.717) is 5.69 Å². The zero-order valence-electron chi connectivity index (χ0n) is 13.2. The lowest BCUT2D eigenvalue weighted by Crippen LogP contribution is -2.09. The van der Waals surface area contributed by atoms with Crippen LogP contribution in [0.1, 0.15) is 6.92 Å². The monoisotopic (exact) mass is 363 g/mol. The number of aromatic nitrogens is 3. The molecule has 0 unspecified atom stereocenters. The number of thiazole rings is 1. The molecule has 0 bridgehead atoms. The molecule has 0 aliphatic heterocycles. The summed E-state index contributed by atoms with van der Waals surface area (Å²) in [6, 6.07) is 7.10. The predicted octanol–water partition coefficient (Wildman–Crippen LogP) is 3.14. The van der Waals surface area contributed by atoms with Crippen LogP contribution in [0.5, 0.6) is 0 Å². The first kappa shape index (κ1) is 16.5. The fraction of sp³-hybridized carbons (Fsp3) is 0.200. The maximum absolute atomic E-state index is 11.2. The lowest BCUT2D eigenvalue weighted by Gasteiger charge is -2.04. The highest BCUT2D eigenvalue weighted by Crippen LogP contribution is 2.27. The van der Waals surface area contributed by atoms with Gasteiger partial charge in [0.1, 0.15) is 0 Å². The number of anilines is 3. The van der Waals surface area contributed by atoms with Crippen molar-refractivity contribution in [3.8, 4) is 11.3 Å². The number of nitrogens with zero attached hydrogens (tertiary/aromatic N) is 3. The van der Waals surface area contributed by atoms with Crippen LogP contribution in [-0.2, 0) is 16.6 Å². The summed E-state index contributed by atoms with van der Waals surface area (Å²) in [6.45, 7) is 2.85. The van der Waals surface area contributed by atoms with Crippen LogP contribution in [0.2, 0.25) is 0 Å². The zero-order valence-corrected chi connectivity index (χ0v) is 14.9. The second-order valence-electron chi connectivity index (χ2n) is 5.20. The minimum Gasteiger partial charge on any atom is -0.329 e. The van der Waals surface area contributed by atoms with Gasteiger partial charge in [-0.3, -0.25) is 9.40 Å². The van der Waals surface area contributed by atoms with Crippen molar-refractivity contribution >= 4 is 37.9 Å². The summed E-state index contributed by atoms with van der Waals surface area (Å²) in [5.74, 6) is 0. The van der Waals surface area contributed by atoms with Gasteiger partial charge in [-0.05, 0) is 19.1 Å². The molecule has 0 saturated carbocycles. The van der Waals surface area contributed by atoms with E-state index in [1.54, 1.807) is 18.3 Å². The number of nitrogens with one attached hydrogen (secondary N) is 2. The summed E-state index contributed by atoms with van der Waals surface area (Å²) in [4.78, 5) is 4.55. The summed E-state index contributed by atoms with van der Waals surface area (Å²) in [7, 11) is -3.27. The smallest absolute Gasteiger partial charge is 0.229 e.